The summed E-state index contributed by atoms with van der Waals surface area (Å²) >= 11 is 0. The molecule has 0 bridgehead atoms. The molecule has 2 fully saturated rings. The van der Waals surface area contributed by atoms with Crippen LogP contribution >= 0.6 is 0 Å². The third kappa shape index (κ3) is 3.42. The third-order valence-electron chi connectivity index (χ3n) is 4.55. The van der Waals surface area contributed by atoms with Crippen LogP contribution in [0.25, 0.3) is 0 Å². The first-order valence-electron chi connectivity index (χ1n) is 8.01. The average molecular weight is 304 g/mol. The van der Waals surface area contributed by atoms with Crippen LogP contribution in [0.5, 0.6) is 5.75 Å². The molecule has 0 unspecified atom stereocenters. The van der Waals surface area contributed by atoms with Gasteiger partial charge in [-0.3, -0.25) is 9.69 Å². The van der Waals surface area contributed by atoms with Crippen molar-refractivity contribution in [1.29, 1.82) is 0 Å². The van der Waals surface area contributed by atoms with Crippen molar-refractivity contribution >= 4 is 5.91 Å². The van der Waals surface area contributed by atoms with Gasteiger partial charge in [0.1, 0.15) is 5.75 Å². The van der Waals surface area contributed by atoms with Crippen molar-refractivity contribution < 1.29 is 14.3 Å². The van der Waals surface area contributed by atoms with E-state index in [1.54, 1.807) is 7.11 Å². The van der Waals surface area contributed by atoms with Crippen molar-refractivity contribution in [3.05, 3.63) is 29.8 Å². The van der Waals surface area contributed by atoms with Gasteiger partial charge in [-0.15, -0.1) is 0 Å². The first kappa shape index (κ1) is 15.3. The Hall–Kier alpha value is -1.59. The molecule has 2 aliphatic rings. The van der Waals surface area contributed by atoms with E-state index in [-0.39, 0.29) is 11.9 Å². The molecule has 120 valence electrons. The summed E-state index contributed by atoms with van der Waals surface area (Å²) in [6, 6.07) is 8.07. The maximum absolute atomic E-state index is 12.4. The Morgan fingerprint density at radius 1 is 1.32 bits per heavy atom. The molecule has 2 atom stereocenters. The van der Waals surface area contributed by atoms with E-state index in [0.29, 0.717) is 19.1 Å². The second-order valence-corrected chi connectivity index (χ2v) is 6.01. The van der Waals surface area contributed by atoms with E-state index in [0.717, 1.165) is 31.0 Å². The molecule has 1 aromatic carbocycles. The summed E-state index contributed by atoms with van der Waals surface area (Å²) in [5, 5.41) is 3.14. The van der Waals surface area contributed by atoms with E-state index >= 15 is 0 Å². The minimum absolute atomic E-state index is 0.0317. The zero-order valence-corrected chi connectivity index (χ0v) is 13.1. The molecule has 5 heteroatoms. The minimum atomic E-state index is 0.0317. The molecule has 5 nitrogen and oxygen atoms in total. The zero-order valence-electron chi connectivity index (χ0n) is 13.1. The van der Waals surface area contributed by atoms with Gasteiger partial charge in [-0.05, 0) is 32.0 Å². The molecular formula is C17H24N2O3. The second kappa shape index (κ2) is 7.11. The summed E-state index contributed by atoms with van der Waals surface area (Å²) in [5.41, 5.74) is 0.916. The molecule has 2 aliphatic heterocycles. The van der Waals surface area contributed by atoms with Crippen molar-refractivity contribution in [2.24, 2.45) is 0 Å². The first-order valence-corrected chi connectivity index (χ1v) is 8.01. The Morgan fingerprint density at radius 3 is 2.86 bits per heavy atom. The maximum atomic E-state index is 12.4. The van der Waals surface area contributed by atoms with E-state index in [2.05, 4.69) is 10.2 Å². The number of nitrogens with one attached hydrogen (secondary N) is 1. The lowest BCUT2D eigenvalue weighted by Gasteiger charge is -2.28. The highest BCUT2D eigenvalue weighted by Crippen LogP contribution is 2.20. The van der Waals surface area contributed by atoms with Crippen LogP contribution in [0.2, 0.25) is 0 Å². The topological polar surface area (TPSA) is 50.8 Å². The van der Waals surface area contributed by atoms with Gasteiger partial charge in [0.05, 0.1) is 38.8 Å². The fourth-order valence-electron chi connectivity index (χ4n) is 3.39. The Bertz CT molecular complexity index is 514. The molecule has 1 amide bonds. The van der Waals surface area contributed by atoms with E-state index in [9.17, 15) is 4.79 Å². The van der Waals surface area contributed by atoms with Crippen LogP contribution in [0, 0.1) is 0 Å². The standard InChI is InChI=1S/C17H24N2O3/c1-21-16-7-3-2-6-13(16)10-17(20)18-14-11-22-12-15(14)19-8-4-5-9-19/h2-3,6-7,14-15H,4-5,8-12H2,1H3,(H,18,20)/t14-,15-/m0/s1. The quantitative estimate of drug-likeness (QED) is 0.888. The molecule has 22 heavy (non-hydrogen) atoms. The number of nitrogens with zero attached hydrogens (tertiary/aromatic N) is 1. The van der Waals surface area contributed by atoms with Crippen molar-refractivity contribution in [2.45, 2.75) is 31.3 Å². The molecule has 1 N–H and O–H groups in total. The second-order valence-electron chi connectivity index (χ2n) is 6.01. The normalized spacial score (nSPS) is 25.3. The molecule has 0 aromatic heterocycles. The lowest BCUT2D eigenvalue weighted by atomic mass is 10.1. The van der Waals surface area contributed by atoms with E-state index in [4.69, 9.17) is 9.47 Å². The van der Waals surface area contributed by atoms with Crippen molar-refractivity contribution in [1.82, 2.24) is 10.2 Å². The van der Waals surface area contributed by atoms with Crippen LogP contribution in [0.15, 0.2) is 24.3 Å². The average Bonchev–Trinajstić information content (AvgIpc) is 3.18. The number of hydrogen-bond donors (Lipinski definition) is 1. The fourth-order valence-corrected chi connectivity index (χ4v) is 3.39. The highest BCUT2D eigenvalue weighted by molar-refractivity contribution is 5.79. The molecule has 1 aromatic rings. The molecule has 2 saturated heterocycles. The van der Waals surface area contributed by atoms with Gasteiger partial charge >= 0.3 is 0 Å². The van der Waals surface area contributed by atoms with Crippen LogP contribution < -0.4 is 10.1 Å². The van der Waals surface area contributed by atoms with Crippen molar-refractivity contribution in [3.63, 3.8) is 0 Å². The molecule has 0 saturated carbocycles. The van der Waals surface area contributed by atoms with Crippen LogP contribution in [0.4, 0.5) is 0 Å². The van der Waals surface area contributed by atoms with Gasteiger partial charge < -0.3 is 14.8 Å². The van der Waals surface area contributed by atoms with Gasteiger partial charge in [0.2, 0.25) is 5.91 Å². The van der Waals surface area contributed by atoms with Crippen LogP contribution in [0.3, 0.4) is 0 Å². The molecule has 0 spiro atoms. The van der Waals surface area contributed by atoms with Gasteiger partial charge in [-0.25, -0.2) is 0 Å². The van der Waals surface area contributed by atoms with Crippen molar-refractivity contribution in [3.8, 4) is 5.75 Å². The predicted molar refractivity (Wildman–Crippen MR) is 84.0 cm³/mol. The number of amides is 1. The Labute approximate surface area is 131 Å². The Balaban J connectivity index is 1.59. The third-order valence-corrected chi connectivity index (χ3v) is 4.55. The summed E-state index contributed by atoms with van der Waals surface area (Å²) in [6.45, 7) is 3.57. The monoisotopic (exact) mass is 304 g/mol. The first-order chi connectivity index (χ1) is 10.8. The molecule has 0 radical (unpaired) electrons. The van der Waals surface area contributed by atoms with Gasteiger partial charge in [0.15, 0.2) is 0 Å². The number of carbonyl (C=O) groups is 1. The number of likely N-dealkylation sites (tertiary alicyclic amines) is 1. The zero-order chi connectivity index (χ0) is 15.4. The van der Waals surface area contributed by atoms with Gasteiger partial charge in [0.25, 0.3) is 0 Å². The maximum Gasteiger partial charge on any atom is 0.224 e. The lowest BCUT2D eigenvalue weighted by molar-refractivity contribution is -0.121. The van der Waals surface area contributed by atoms with Crippen LogP contribution in [-0.4, -0.2) is 56.3 Å². The van der Waals surface area contributed by atoms with E-state index < -0.39 is 0 Å². The summed E-state index contributed by atoms with van der Waals surface area (Å²) in [4.78, 5) is 14.8. The summed E-state index contributed by atoms with van der Waals surface area (Å²) in [5.74, 6) is 0.792. The SMILES string of the molecule is COc1ccccc1CC(=O)N[C@H]1COC[C@@H]1N1CCCC1. The molecule has 3 rings (SSSR count). The largest absolute Gasteiger partial charge is 0.496 e. The number of rotatable bonds is 5. The predicted octanol–water partition coefficient (Wildman–Crippen LogP) is 1.22. The number of methoxy groups -OCH3 is 1. The summed E-state index contributed by atoms with van der Waals surface area (Å²) < 4.78 is 10.9. The van der Waals surface area contributed by atoms with E-state index in [1.165, 1.54) is 12.8 Å². The van der Waals surface area contributed by atoms with E-state index in [1.807, 2.05) is 24.3 Å². The number of hydrogen-bond acceptors (Lipinski definition) is 4. The summed E-state index contributed by atoms with van der Waals surface area (Å²) in [6.07, 6.45) is 2.84. The van der Waals surface area contributed by atoms with Gasteiger partial charge in [0, 0.05) is 5.56 Å². The Kier molecular flexibility index (Phi) is 4.95. The minimum Gasteiger partial charge on any atom is -0.496 e. The highest BCUT2D eigenvalue weighted by atomic mass is 16.5. The summed E-state index contributed by atoms with van der Waals surface area (Å²) in [7, 11) is 1.63. The molecular weight excluding hydrogens is 280 g/mol. The number of carbonyl (C=O) groups excluding carboxylic acids is 1. The van der Waals surface area contributed by atoms with Gasteiger partial charge in [-0.1, -0.05) is 18.2 Å². The highest BCUT2D eigenvalue weighted by Gasteiger charge is 2.35. The number of benzene rings is 1. The smallest absolute Gasteiger partial charge is 0.224 e. The van der Waals surface area contributed by atoms with Crippen LogP contribution in [-0.2, 0) is 16.0 Å². The lowest BCUT2D eigenvalue weighted by Crippen LogP contribution is -2.50. The van der Waals surface area contributed by atoms with Crippen molar-refractivity contribution in [2.75, 3.05) is 33.4 Å². The molecule has 2 heterocycles. The molecule has 0 aliphatic carbocycles. The number of para-hydroxylation sites is 1. The van der Waals surface area contributed by atoms with Crippen LogP contribution in [0.1, 0.15) is 18.4 Å². The van der Waals surface area contributed by atoms with Gasteiger partial charge in [-0.2, -0.15) is 0 Å². The Morgan fingerprint density at radius 2 is 2.09 bits per heavy atom. The fraction of sp³-hybridized carbons (Fsp3) is 0.588. The number of ether oxygens (including phenoxy) is 2.